The van der Waals surface area contributed by atoms with E-state index in [4.69, 9.17) is 32.5 Å². The second kappa shape index (κ2) is 9.28. The summed E-state index contributed by atoms with van der Waals surface area (Å²) >= 11 is 4.93. The zero-order chi connectivity index (χ0) is 15.7. The third-order valence-corrected chi connectivity index (χ3v) is 3.01. The Hall–Kier alpha value is -1.70. The maximum Gasteiger partial charge on any atom is 0.260 e. The van der Waals surface area contributed by atoms with Gasteiger partial charge in [0.1, 0.15) is 10.7 Å². The summed E-state index contributed by atoms with van der Waals surface area (Å²) in [5.41, 5.74) is 6.19. The zero-order valence-corrected chi connectivity index (χ0v) is 12.8. The third kappa shape index (κ3) is 5.66. The number of ether oxygens (including phenoxy) is 2. The number of aliphatic hydroxyl groups is 1. The Labute approximate surface area is 129 Å². The Kier molecular flexibility index (Phi) is 7.66. The van der Waals surface area contributed by atoms with Gasteiger partial charge < -0.3 is 25.2 Å². The third-order valence-electron chi connectivity index (χ3n) is 2.79. The lowest BCUT2D eigenvalue weighted by Crippen LogP contribution is -2.39. The van der Waals surface area contributed by atoms with Crippen LogP contribution in [0.15, 0.2) is 24.3 Å². The molecule has 0 fully saturated rings. The van der Waals surface area contributed by atoms with E-state index in [0.717, 1.165) is 0 Å². The molecule has 0 heterocycles. The molecule has 0 spiro atoms. The molecule has 1 amide bonds. The maximum atomic E-state index is 12.1. The van der Waals surface area contributed by atoms with Crippen molar-refractivity contribution in [3.8, 4) is 5.75 Å². The summed E-state index contributed by atoms with van der Waals surface area (Å²) in [6.45, 7) is 0.774. The number of amides is 1. The molecule has 21 heavy (non-hydrogen) atoms. The van der Waals surface area contributed by atoms with Crippen molar-refractivity contribution < 1.29 is 19.4 Å². The molecule has 0 saturated heterocycles. The first-order chi connectivity index (χ1) is 10.1. The maximum absolute atomic E-state index is 12.1. The molecule has 1 aromatic carbocycles. The van der Waals surface area contributed by atoms with Gasteiger partial charge in [0.2, 0.25) is 0 Å². The first kappa shape index (κ1) is 17.4. The van der Waals surface area contributed by atoms with Gasteiger partial charge in [-0.1, -0.05) is 24.4 Å². The number of hydrogen-bond acceptors (Lipinski definition) is 5. The van der Waals surface area contributed by atoms with Crippen LogP contribution in [0.25, 0.3) is 0 Å². The van der Waals surface area contributed by atoms with Crippen LogP contribution in [0.3, 0.4) is 0 Å². The molecule has 0 radical (unpaired) electrons. The van der Waals surface area contributed by atoms with Gasteiger partial charge >= 0.3 is 0 Å². The molecule has 0 aliphatic carbocycles. The van der Waals surface area contributed by atoms with E-state index in [1.54, 1.807) is 31.4 Å². The fraction of sp³-hybridized carbons (Fsp3) is 0.429. The van der Waals surface area contributed by atoms with Crippen molar-refractivity contribution in [1.82, 2.24) is 4.90 Å². The van der Waals surface area contributed by atoms with E-state index in [9.17, 15) is 4.79 Å². The number of para-hydroxylation sites is 1. The van der Waals surface area contributed by atoms with Crippen molar-refractivity contribution in [2.75, 3.05) is 40.0 Å². The molecule has 7 heteroatoms. The number of aliphatic hydroxyl groups excluding tert-OH is 1. The van der Waals surface area contributed by atoms with Crippen LogP contribution < -0.4 is 10.5 Å². The zero-order valence-electron chi connectivity index (χ0n) is 11.9. The van der Waals surface area contributed by atoms with Crippen molar-refractivity contribution >= 4 is 23.1 Å². The predicted octanol–water partition coefficient (Wildman–Crippen LogP) is 0.167. The minimum atomic E-state index is -0.237. The molecule has 1 rings (SSSR count). The van der Waals surface area contributed by atoms with Crippen molar-refractivity contribution in [3.63, 3.8) is 0 Å². The monoisotopic (exact) mass is 312 g/mol. The molecule has 0 aliphatic rings. The van der Waals surface area contributed by atoms with Crippen LogP contribution in [0.5, 0.6) is 5.75 Å². The van der Waals surface area contributed by atoms with E-state index in [0.29, 0.717) is 24.5 Å². The first-order valence-electron chi connectivity index (χ1n) is 6.49. The van der Waals surface area contributed by atoms with Gasteiger partial charge in [0.05, 0.1) is 18.8 Å². The number of hydrogen-bond donors (Lipinski definition) is 2. The minimum absolute atomic E-state index is 0.112. The Bertz CT molecular complexity index is 482. The molecular formula is C14H20N2O4S. The summed E-state index contributed by atoms with van der Waals surface area (Å²) in [5.74, 6) is 0.230. The fourth-order valence-electron chi connectivity index (χ4n) is 1.71. The van der Waals surface area contributed by atoms with Gasteiger partial charge in [0, 0.05) is 20.2 Å². The van der Waals surface area contributed by atoms with Gasteiger partial charge in [-0.15, -0.1) is 0 Å². The largest absolute Gasteiger partial charge is 0.483 e. The van der Waals surface area contributed by atoms with E-state index in [-0.39, 0.29) is 30.7 Å². The number of carbonyl (C=O) groups is 1. The quantitative estimate of drug-likeness (QED) is 0.632. The lowest BCUT2D eigenvalue weighted by atomic mass is 10.2. The Morgan fingerprint density at radius 1 is 1.38 bits per heavy atom. The Morgan fingerprint density at radius 2 is 2.10 bits per heavy atom. The molecule has 116 valence electrons. The van der Waals surface area contributed by atoms with E-state index in [1.807, 2.05) is 0 Å². The lowest BCUT2D eigenvalue weighted by Gasteiger charge is -2.21. The van der Waals surface area contributed by atoms with Crippen molar-refractivity contribution in [2.24, 2.45) is 5.73 Å². The first-order valence-corrected chi connectivity index (χ1v) is 6.90. The normalized spacial score (nSPS) is 10.2. The number of carbonyl (C=O) groups excluding carboxylic acids is 1. The molecule has 6 nitrogen and oxygen atoms in total. The van der Waals surface area contributed by atoms with Crippen molar-refractivity contribution in [1.29, 1.82) is 0 Å². The van der Waals surface area contributed by atoms with E-state index >= 15 is 0 Å². The highest BCUT2D eigenvalue weighted by molar-refractivity contribution is 7.80. The average molecular weight is 312 g/mol. The van der Waals surface area contributed by atoms with Crippen LogP contribution in [0, 0.1) is 0 Å². The van der Waals surface area contributed by atoms with Crippen molar-refractivity contribution in [3.05, 3.63) is 29.8 Å². The minimum Gasteiger partial charge on any atom is -0.483 e. The van der Waals surface area contributed by atoms with Crippen LogP contribution >= 0.6 is 12.2 Å². The van der Waals surface area contributed by atoms with Crippen LogP contribution in [0.4, 0.5) is 0 Å². The summed E-state index contributed by atoms with van der Waals surface area (Å²) in [4.78, 5) is 13.8. The number of nitrogens with zero attached hydrogens (tertiary/aromatic N) is 1. The highest BCUT2D eigenvalue weighted by Crippen LogP contribution is 2.17. The second-order valence-corrected chi connectivity index (χ2v) is 4.69. The van der Waals surface area contributed by atoms with Gasteiger partial charge in [-0.3, -0.25) is 4.79 Å². The summed E-state index contributed by atoms with van der Waals surface area (Å²) in [7, 11) is 1.55. The smallest absolute Gasteiger partial charge is 0.260 e. The van der Waals surface area contributed by atoms with Crippen LogP contribution in [0.1, 0.15) is 5.56 Å². The fourth-order valence-corrected chi connectivity index (χ4v) is 1.88. The molecule has 1 aromatic rings. The molecular weight excluding hydrogens is 292 g/mol. The van der Waals surface area contributed by atoms with Gasteiger partial charge in [0.25, 0.3) is 5.91 Å². The predicted molar refractivity (Wildman–Crippen MR) is 83.4 cm³/mol. The Balaban J connectivity index is 2.64. The number of nitrogens with two attached hydrogens (primary N) is 1. The number of thiocarbonyl (C=S) groups is 1. The Morgan fingerprint density at radius 3 is 2.71 bits per heavy atom. The molecule has 0 atom stereocenters. The highest BCUT2D eigenvalue weighted by Gasteiger charge is 2.14. The van der Waals surface area contributed by atoms with Crippen LogP contribution in [0.2, 0.25) is 0 Å². The standard InChI is InChI=1S/C14H20N2O4S/c1-19-9-7-16(6-8-17)13(18)10-20-12-5-3-2-4-11(12)14(15)21/h2-5,17H,6-10H2,1H3,(H2,15,21). The van der Waals surface area contributed by atoms with Crippen LogP contribution in [-0.4, -0.2) is 60.9 Å². The van der Waals surface area contributed by atoms with Crippen molar-refractivity contribution in [2.45, 2.75) is 0 Å². The number of benzene rings is 1. The SMILES string of the molecule is COCCN(CCO)C(=O)COc1ccccc1C(N)=S. The summed E-state index contributed by atoms with van der Waals surface area (Å²) in [6, 6.07) is 7.00. The van der Waals surface area contributed by atoms with Gasteiger partial charge in [-0.05, 0) is 12.1 Å². The molecule has 0 bridgehead atoms. The molecule has 3 N–H and O–H groups in total. The lowest BCUT2D eigenvalue weighted by molar-refractivity contribution is -0.134. The van der Waals surface area contributed by atoms with Gasteiger partial charge in [-0.25, -0.2) is 0 Å². The van der Waals surface area contributed by atoms with E-state index in [1.165, 1.54) is 4.90 Å². The molecule has 0 aliphatic heterocycles. The molecule has 0 saturated carbocycles. The number of methoxy groups -OCH3 is 1. The topological polar surface area (TPSA) is 85.0 Å². The number of rotatable bonds is 9. The average Bonchev–Trinajstić information content (AvgIpc) is 2.49. The summed E-state index contributed by atoms with van der Waals surface area (Å²) in [6.07, 6.45) is 0. The molecule has 0 aromatic heterocycles. The van der Waals surface area contributed by atoms with E-state index in [2.05, 4.69) is 0 Å². The van der Waals surface area contributed by atoms with Gasteiger partial charge in [0.15, 0.2) is 6.61 Å². The molecule has 0 unspecified atom stereocenters. The second-order valence-electron chi connectivity index (χ2n) is 4.25. The van der Waals surface area contributed by atoms with Crippen LogP contribution in [-0.2, 0) is 9.53 Å². The highest BCUT2D eigenvalue weighted by atomic mass is 32.1. The van der Waals surface area contributed by atoms with E-state index < -0.39 is 0 Å². The summed E-state index contributed by atoms with van der Waals surface area (Å²) in [5, 5.41) is 8.98. The van der Waals surface area contributed by atoms with Gasteiger partial charge in [-0.2, -0.15) is 0 Å². The summed E-state index contributed by atoms with van der Waals surface area (Å²) < 4.78 is 10.4.